The number of fused-ring (bicyclic) bond motifs is 1. The Balaban J connectivity index is 1.54. The molecule has 0 unspecified atom stereocenters. The van der Waals surface area contributed by atoms with Crippen molar-refractivity contribution < 1.29 is 4.79 Å². The van der Waals surface area contributed by atoms with E-state index in [4.69, 9.17) is 0 Å². The van der Waals surface area contributed by atoms with Crippen molar-refractivity contribution in [1.29, 1.82) is 0 Å². The van der Waals surface area contributed by atoms with E-state index in [0.29, 0.717) is 16.2 Å². The Kier molecular flexibility index (Phi) is 5.18. The molecule has 0 fully saturated rings. The molecule has 4 rings (SSSR count). The van der Waals surface area contributed by atoms with Gasteiger partial charge in [-0.3, -0.25) is 9.59 Å². The highest BCUT2D eigenvalue weighted by Gasteiger charge is 2.13. The van der Waals surface area contributed by atoms with Gasteiger partial charge in [0.1, 0.15) is 5.39 Å². The van der Waals surface area contributed by atoms with Crippen molar-refractivity contribution in [3.8, 4) is 5.69 Å². The van der Waals surface area contributed by atoms with E-state index >= 15 is 0 Å². The fraction of sp³-hybridized carbons (Fsp3) is 0.143. The largest absolute Gasteiger partial charge is 0.325 e. The van der Waals surface area contributed by atoms with Crippen LogP contribution in [0, 0.1) is 13.8 Å². The Bertz CT molecular complexity index is 1250. The van der Waals surface area contributed by atoms with Crippen LogP contribution in [0.5, 0.6) is 0 Å². The third-order valence-electron chi connectivity index (χ3n) is 4.64. The summed E-state index contributed by atoms with van der Waals surface area (Å²) in [7, 11) is 0. The quantitative estimate of drug-likeness (QED) is 0.392. The van der Waals surface area contributed by atoms with E-state index in [2.05, 4.69) is 20.4 Å². The number of carbonyl (C=O) groups is 1. The van der Waals surface area contributed by atoms with Gasteiger partial charge < -0.3 is 10.3 Å². The molecule has 0 bridgehead atoms. The van der Waals surface area contributed by atoms with Gasteiger partial charge in [0.25, 0.3) is 5.56 Å². The Morgan fingerprint density at radius 2 is 1.93 bits per heavy atom. The van der Waals surface area contributed by atoms with Crippen molar-refractivity contribution in [2.24, 2.45) is 0 Å². The van der Waals surface area contributed by atoms with Crippen LogP contribution in [0.1, 0.15) is 11.1 Å². The van der Waals surface area contributed by atoms with Gasteiger partial charge in [-0.05, 0) is 43.2 Å². The van der Waals surface area contributed by atoms with Gasteiger partial charge in [-0.1, -0.05) is 42.1 Å². The summed E-state index contributed by atoms with van der Waals surface area (Å²) in [6, 6.07) is 15.2. The average molecular weight is 405 g/mol. The highest BCUT2D eigenvalue weighted by atomic mass is 32.2. The molecule has 2 aromatic heterocycles. The molecular formula is C21H19N5O2S. The average Bonchev–Trinajstić information content (AvgIpc) is 3.15. The number of amides is 1. The molecule has 0 saturated heterocycles. The van der Waals surface area contributed by atoms with E-state index in [-0.39, 0.29) is 17.2 Å². The number of nitrogens with one attached hydrogen (secondary N) is 2. The van der Waals surface area contributed by atoms with Gasteiger partial charge in [-0.2, -0.15) is 5.10 Å². The van der Waals surface area contributed by atoms with Crippen molar-refractivity contribution in [2.75, 3.05) is 11.1 Å². The maximum Gasteiger partial charge on any atom is 0.262 e. The van der Waals surface area contributed by atoms with Crippen LogP contribution >= 0.6 is 11.8 Å². The summed E-state index contributed by atoms with van der Waals surface area (Å²) < 4.78 is 1.62. The lowest BCUT2D eigenvalue weighted by Crippen LogP contribution is -2.16. The minimum absolute atomic E-state index is 0.126. The van der Waals surface area contributed by atoms with Gasteiger partial charge in [0.05, 0.1) is 17.6 Å². The van der Waals surface area contributed by atoms with Crippen molar-refractivity contribution in [2.45, 2.75) is 19.0 Å². The fourth-order valence-electron chi connectivity index (χ4n) is 2.93. The second-order valence-corrected chi connectivity index (χ2v) is 7.55. The van der Waals surface area contributed by atoms with Gasteiger partial charge in [-0.15, -0.1) is 0 Å². The standard InChI is InChI=1S/C21H19N5O2S/c1-13-7-6-10-17(14(13)2)23-18(27)12-29-21-24-19-16(20(28)25-21)11-22-26(19)15-8-4-3-5-9-15/h3-11H,12H2,1-2H3,(H,23,27)(H,24,25,28). The minimum Gasteiger partial charge on any atom is -0.325 e. The number of carbonyl (C=O) groups excluding carboxylic acids is 1. The lowest BCUT2D eigenvalue weighted by Gasteiger charge is -2.10. The van der Waals surface area contributed by atoms with Crippen LogP contribution in [0.25, 0.3) is 16.7 Å². The predicted molar refractivity (Wildman–Crippen MR) is 115 cm³/mol. The van der Waals surface area contributed by atoms with Crippen LogP contribution in [0.2, 0.25) is 0 Å². The molecule has 0 aliphatic heterocycles. The molecule has 0 radical (unpaired) electrons. The SMILES string of the molecule is Cc1cccc(NC(=O)CSc2nc3c(cnn3-c3ccccc3)c(=O)[nH]2)c1C. The van der Waals surface area contributed by atoms with E-state index in [1.807, 2.05) is 62.4 Å². The lowest BCUT2D eigenvalue weighted by atomic mass is 10.1. The molecule has 8 heteroatoms. The Labute approximate surface area is 171 Å². The van der Waals surface area contributed by atoms with E-state index in [1.165, 1.54) is 18.0 Å². The number of nitrogens with zero attached hydrogens (tertiary/aromatic N) is 3. The Hall–Kier alpha value is -3.39. The first kappa shape index (κ1) is 18.9. The molecule has 29 heavy (non-hydrogen) atoms. The first-order valence-electron chi connectivity index (χ1n) is 9.05. The summed E-state index contributed by atoms with van der Waals surface area (Å²) in [5, 5.41) is 7.96. The van der Waals surface area contributed by atoms with E-state index < -0.39 is 0 Å². The van der Waals surface area contributed by atoms with E-state index in [9.17, 15) is 9.59 Å². The molecule has 7 nitrogen and oxygen atoms in total. The minimum atomic E-state index is -0.283. The number of hydrogen-bond donors (Lipinski definition) is 2. The number of aryl methyl sites for hydroxylation is 1. The van der Waals surface area contributed by atoms with Crippen LogP contribution in [0.15, 0.2) is 64.7 Å². The van der Waals surface area contributed by atoms with Gasteiger partial charge in [0.15, 0.2) is 10.8 Å². The van der Waals surface area contributed by atoms with Gasteiger partial charge in [-0.25, -0.2) is 9.67 Å². The van der Waals surface area contributed by atoms with Crippen molar-refractivity contribution in [1.82, 2.24) is 19.7 Å². The number of aromatic nitrogens is 4. The Morgan fingerprint density at radius 1 is 1.14 bits per heavy atom. The highest BCUT2D eigenvalue weighted by molar-refractivity contribution is 7.99. The summed E-state index contributed by atoms with van der Waals surface area (Å²) in [4.78, 5) is 32.0. The predicted octanol–water partition coefficient (Wildman–Crippen LogP) is 3.46. The van der Waals surface area contributed by atoms with Crippen LogP contribution in [-0.4, -0.2) is 31.4 Å². The first-order valence-corrected chi connectivity index (χ1v) is 10.0. The maximum atomic E-state index is 12.4. The van der Waals surface area contributed by atoms with Crippen molar-refractivity contribution in [3.63, 3.8) is 0 Å². The molecule has 0 saturated carbocycles. The van der Waals surface area contributed by atoms with Crippen molar-refractivity contribution in [3.05, 3.63) is 76.2 Å². The number of aromatic amines is 1. The number of rotatable bonds is 5. The highest BCUT2D eigenvalue weighted by Crippen LogP contribution is 2.20. The molecule has 1 amide bonds. The zero-order valence-corrected chi connectivity index (χ0v) is 16.8. The lowest BCUT2D eigenvalue weighted by molar-refractivity contribution is -0.113. The molecule has 4 aromatic rings. The Morgan fingerprint density at radius 3 is 2.72 bits per heavy atom. The van der Waals surface area contributed by atoms with Crippen molar-refractivity contribution >= 4 is 34.4 Å². The molecule has 2 heterocycles. The van der Waals surface area contributed by atoms with Crippen LogP contribution in [-0.2, 0) is 4.79 Å². The summed E-state index contributed by atoms with van der Waals surface area (Å²) in [6.45, 7) is 3.97. The van der Waals surface area contributed by atoms with Gasteiger partial charge in [0, 0.05) is 5.69 Å². The summed E-state index contributed by atoms with van der Waals surface area (Å²) in [5.41, 5.74) is 3.91. The second-order valence-electron chi connectivity index (χ2n) is 6.58. The molecule has 2 N–H and O–H groups in total. The van der Waals surface area contributed by atoms with Crippen LogP contribution < -0.4 is 10.9 Å². The topological polar surface area (TPSA) is 92.7 Å². The van der Waals surface area contributed by atoms with Gasteiger partial charge >= 0.3 is 0 Å². The van der Waals surface area contributed by atoms with Crippen LogP contribution in [0.3, 0.4) is 0 Å². The number of H-pyrrole nitrogens is 1. The number of hydrogen-bond acceptors (Lipinski definition) is 5. The summed E-state index contributed by atoms with van der Waals surface area (Å²) in [6.07, 6.45) is 1.50. The monoisotopic (exact) mass is 405 g/mol. The van der Waals surface area contributed by atoms with E-state index in [1.54, 1.807) is 4.68 Å². The summed E-state index contributed by atoms with van der Waals surface area (Å²) >= 11 is 1.17. The van der Waals surface area contributed by atoms with Gasteiger partial charge in [0.2, 0.25) is 5.91 Å². The molecule has 146 valence electrons. The fourth-order valence-corrected chi connectivity index (χ4v) is 3.59. The number of para-hydroxylation sites is 1. The zero-order chi connectivity index (χ0) is 20.4. The number of anilines is 1. The normalized spacial score (nSPS) is 11.0. The maximum absolute atomic E-state index is 12.4. The smallest absolute Gasteiger partial charge is 0.262 e. The molecule has 0 aliphatic carbocycles. The third kappa shape index (κ3) is 3.93. The number of thioether (sulfide) groups is 1. The zero-order valence-electron chi connectivity index (χ0n) is 16.0. The molecular weight excluding hydrogens is 386 g/mol. The number of benzene rings is 2. The second kappa shape index (κ2) is 7.92. The summed E-state index contributed by atoms with van der Waals surface area (Å²) in [5.74, 6) is -0.0376. The van der Waals surface area contributed by atoms with E-state index in [0.717, 1.165) is 22.5 Å². The molecule has 0 spiro atoms. The molecule has 2 aromatic carbocycles. The first-order chi connectivity index (χ1) is 14.0. The molecule has 0 aliphatic rings. The van der Waals surface area contributed by atoms with Crippen LogP contribution in [0.4, 0.5) is 5.69 Å². The third-order valence-corrected chi connectivity index (χ3v) is 5.51. The molecule has 0 atom stereocenters.